The van der Waals surface area contributed by atoms with Crippen molar-refractivity contribution in [1.82, 2.24) is 10.3 Å². The summed E-state index contributed by atoms with van der Waals surface area (Å²) >= 11 is 0. The molecule has 0 bridgehead atoms. The van der Waals surface area contributed by atoms with Gasteiger partial charge in [0.1, 0.15) is 5.82 Å². The quantitative estimate of drug-likeness (QED) is 0.572. The number of nitrogens with zero attached hydrogens (tertiary/aromatic N) is 1. The van der Waals surface area contributed by atoms with E-state index < -0.39 is 5.91 Å². The van der Waals surface area contributed by atoms with Crippen molar-refractivity contribution in [3.8, 4) is 0 Å². The molecule has 2 amide bonds. The number of nitrogens with two attached hydrogens (primary N) is 2. The van der Waals surface area contributed by atoms with Crippen molar-refractivity contribution < 1.29 is 9.59 Å². The summed E-state index contributed by atoms with van der Waals surface area (Å²) < 4.78 is 0. The lowest BCUT2D eigenvalue weighted by Gasteiger charge is -2.24. The molecule has 2 heterocycles. The molecule has 96 valence electrons. The normalized spacial score (nSPS) is 19.1. The van der Waals surface area contributed by atoms with E-state index in [-0.39, 0.29) is 23.2 Å². The Balaban J connectivity index is 2.07. The Bertz CT molecular complexity index is 478. The van der Waals surface area contributed by atoms with Crippen LogP contribution in [0.5, 0.6) is 0 Å². The standard InChI is InChI=1S/C11H15N5O2/c12-8-5-14-9(3-7(8)11(13)18)16-6-1-2-10(17)15-4-6/h3,5-6H,1-2,4,12H2,(H2,13,18)(H,14,16)(H,15,17). The van der Waals surface area contributed by atoms with Crippen molar-refractivity contribution in [3.63, 3.8) is 0 Å². The summed E-state index contributed by atoms with van der Waals surface area (Å²) in [6, 6.07) is 1.62. The number of anilines is 2. The van der Waals surface area contributed by atoms with Gasteiger partial charge in [0, 0.05) is 19.0 Å². The maximum atomic E-state index is 11.1. The van der Waals surface area contributed by atoms with E-state index in [0.29, 0.717) is 18.8 Å². The van der Waals surface area contributed by atoms with Crippen molar-refractivity contribution in [2.75, 3.05) is 17.6 Å². The molecule has 1 aliphatic heterocycles. The van der Waals surface area contributed by atoms with Gasteiger partial charge in [0.05, 0.1) is 17.4 Å². The fourth-order valence-electron chi connectivity index (χ4n) is 1.82. The Hall–Kier alpha value is -2.31. The van der Waals surface area contributed by atoms with Crippen LogP contribution in [0.25, 0.3) is 0 Å². The average molecular weight is 249 g/mol. The summed E-state index contributed by atoms with van der Waals surface area (Å²) in [4.78, 5) is 26.2. The monoisotopic (exact) mass is 249 g/mol. The highest BCUT2D eigenvalue weighted by Crippen LogP contribution is 2.16. The molecular weight excluding hydrogens is 234 g/mol. The Morgan fingerprint density at radius 2 is 2.33 bits per heavy atom. The lowest BCUT2D eigenvalue weighted by atomic mass is 10.1. The zero-order valence-corrected chi connectivity index (χ0v) is 9.77. The molecule has 18 heavy (non-hydrogen) atoms. The number of primary amides is 1. The van der Waals surface area contributed by atoms with Crippen LogP contribution in [0.1, 0.15) is 23.2 Å². The number of aromatic nitrogens is 1. The van der Waals surface area contributed by atoms with E-state index in [1.54, 1.807) is 0 Å². The molecule has 0 aromatic carbocycles. The van der Waals surface area contributed by atoms with Gasteiger partial charge in [-0.25, -0.2) is 4.98 Å². The highest BCUT2D eigenvalue weighted by Gasteiger charge is 2.18. The third kappa shape index (κ3) is 2.68. The van der Waals surface area contributed by atoms with Gasteiger partial charge in [-0.15, -0.1) is 0 Å². The predicted molar refractivity (Wildman–Crippen MR) is 66.8 cm³/mol. The summed E-state index contributed by atoms with van der Waals surface area (Å²) in [5, 5.41) is 5.89. The Kier molecular flexibility index (Phi) is 3.31. The van der Waals surface area contributed by atoms with Crippen LogP contribution in [-0.2, 0) is 4.79 Å². The number of hydrogen-bond acceptors (Lipinski definition) is 5. The molecule has 0 saturated carbocycles. The van der Waals surface area contributed by atoms with Crippen LogP contribution in [0, 0.1) is 0 Å². The average Bonchev–Trinajstić information content (AvgIpc) is 2.34. The highest BCUT2D eigenvalue weighted by atomic mass is 16.2. The molecule has 7 nitrogen and oxygen atoms in total. The first kappa shape index (κ1) is 12.2. The molecule has 1 fully saturated rings. The number of carbonyl (C=O) groups excluding carboxylic acids is 2. The topological polar surface area (TPSA) is 123 Å². The van der Waals surface area contributed by atoms with E-state index in [2.05, 4.69) is 15.6 Å². The number of carbonyl (C=O) groups is 2. The molecule has 7 heteroatoms. The number of rotatable bonds is 3. The second kappa shape index (κ2) is 4.91. The van der Waals surface area contributed by atoms with Crippen molar-refractivity contribution in [1.29, 1.82) is 0 Å². The summed E-state index contributed by atoms with van der Waals surface area (Å²) in [6.07, 6.45) is 2.60. The molecule has 1 aromatic heterocycles. The van der Waals surface area contributed by atoms with Crippen LogP contribution in [0.4, 0.5) is 11.5 Å². The first-order valence-corrected chi connectivity index (χ1v) is 5.65. The minimum absolute atomic E-state index is 0.0520. The number of nitrogen functional groups attached to an aromatic ring is 1. The lowest BCUT2D eigenvalue weighted by molar-refractivity contribution is -0.122. The maximum Gasteiger partial charge on any atom is 0.250 e. The molecule has 1 aromatic rings. The van der Waals surface area contributed by atoms with Crippen LogP contribution >= 0.6 is 0 Å². The van der Waals surface area contributed by atoms with Crippen LogP contribution < -0.4 is 22.1 Å². The van der Waals surface area contributed by atoms with Crippen LogP contribution in [-0.4, -0.2) is 29.4 Å². The molecular formula is C11H15N5O2. The molecule has 1 saturated heterocycles. The molecule has 0 spiro atoms. The van der Waals surface area contributed by atoms with Gasteiger partial charge in [-0.2, -0.15) is 0 Å². The molecule has 2 rings (SSSR count). The molecule has 1 unspecified atom stereocenters. The van der Waals surface area contributed by atoms with E-state index in [1.165, 1.54) is 12.3 Å². The number of amides is 2. The van der Waals surface area contributed by atoms with E-state index in [9.17, 15) is 9.59 Å². The maximum absolute atomic E-state index is 11.1. The number of piperidine rings is 1. The summed E-state index contributed by atoms with van der Waals surface area (Å²) in [5.74, 6) is -0.00909. The van der Waals surface area contributed by atoms with Crippen LogP contribution in [0.3, 0.4) is 0 Å². The van der Waals surface area contributed by atoms with Gasteiger partial charge in [0.15, 0.2) is 0 Å². The van der Waals surface area contributed by atoms with Gasteiger partial charge in [0.25, 0.3) is 5.91 Å². The van der Waals surface area contributed by atoms with Crippen LogP contribution in [0.15, 0.2) is 12.3 Å². The van der Waals surface area contributed by atoms with Gasteiger partial charge in [0.2, 0.25) is 5.91 Å². The molecule has 1 atom stereocenters. The van der Waals surface area contributed by atoms with Crippen molar-refractivity contribution >= 4 is 23.3 Å². The van der Waals surface area contributed by atoms with E-state index in [4.69, 9.17) is 11.5 Å². The van der Waals surface area contributed by atoms with E-state index in [0.717, 1.165) is 6.42 Å². The van der Waals surface area contributed by atoms with E-state index >= 15 is 0 Å². The highest BCUT2D eigenvalue weighted by molar-refractivity contribution is 5.98. The van der Waals surface area contributed by atoms with Crippen molar-refractivity contribution in [2.24, 2.45) is 5.73 Å². The second-order valence-corrected chi connectivity index (χ2v) is 4.21. The zero-order valence-electron chi connectivity index (χ0n) is 9.77. The van der Waals surface area contributed by atoms with Gasteiger partial charge >= 0.3 is 0 Å². The summed E-state index contributed by atoms with van der Waals surface area (Å²) in [7, 11) is 0. The minimum atomic E-state index is -0.588. The fourth-order valence-corrected chi connectivity index (χ4v) is 1.82. The minimum Gasteiger partial charge on any atom is -0.397 e. The zero-order chi connectivity index (χ0) is 13.1. The van der Waals surface area contributed by atoms with Crippen LogP contribution in [0.2, 0.25) is 0 Å². The molecule has 0 aliphatic carbocycles. The number of hydrogen-bond donors (Lipinski definition) is 4. The molecule has 1 aliphatic rings. The van der Waals surface area contributed by atoms with Gasteiger partial charge in [-0.05, 0) is 12.5 Å². The Morgan fingerprint density at radius 1 is 1.56 bits per heavy atom. The lowest BCUT2D eigenvalue weighted by Crippen LogP contribution is -2.42. The second-order valence-electron chi connectivity index (χ2n) is 4.21. The summed E-state index contributed by atoms with van der Waals surface area (Å²) in [5.41, 5.74) is 11.3. The molecule has 0 radical (unpaired) electrons. The number of nitrogens with one attached hydrogen (secondary N) is 2. The SMILES string of the molecule is NC(=O)c1cc(NC2CCC(=O)NC2)ncc1N. The van der Waals surface area contributed by atoms with Gasteiger partial charge in [-0.3, -0.25) is 9.59 Å². The fraction of sp³-hybridized carbons (Fsp3) is 0.364. The first-order valence-electron chi connectivity index (χ1n) is 5.65. The third-order valence-corrected chi connectivity index (χ3v) is 2.82. The summed E-state index contributed by atoms with van der Waals surface area (Å²) in [6.45, 7) is 0.538. The largest absolute Gasteiger partial charge is 0.397 e. The molecule has 6 N–H and O–H groups in total. The van der Waals surface area contributed by atoms with Crippen molar-refractivity contribution in [3.05, 3.63) is 17.8 Å². The van der Waals surface area contributed by atoms with Gasteiger partial charge < -0.3 is 22.1 Å². The Morgan fingerprint density at radius 3 is 2.94 bits per heavy atom. The predicted octanol–water partition coefficient (Wildman–Crippen LogP) is -0.547. The first-order chi connectivity index (χ1) is 8.56. The Labute approximate surface area is 104 Å². The van der Waals surface area contributed by atoms with Crippen molar-refractivity contribution in [2.45, 2.75) is 18.9 Å². The van der Waals surface area contributed by atoms with E-state index in [1.807, 2.05) is 0 Å². The van der Waals surface area contributed by atoms with Gasteiger partial charge in [-0.1, -0.05) is 0 Å². The third-order valence-electron chi connectivity index (χ3n) is 2.82. The smallest absolute Gasteiger partial charge is 0.250 e. The number of pyridine rings is 1.